The van der Waals surface area contributed by atoms with Crippen molar-refractivity contribution in [2.45, 2.75) is 0 Å². The van der Waals surface area contributed by atoms with Crippen LogP contribution in [0.15, 0.2) is 36.4 Å². The van der Waals surface area contributed by atoms with Crippen molar-refractivity contribution in [1.82, 2.24) is 5.32 Å². The molecule has 2 aromatic carbocycles. The first kappa shape index (κ1) is 15.2. The van der Waals surface area contributed by atoms with Gasteiger partial charge in [-0.2, -0.15) is 0 Å². The number of halogens is 2. The van der Waals surface area contributed by atoms with E-state index in [1.807, 2.05) is 6.07 Å². The van der Waals surface area contributed by atoms with Crippen molar-refractivity contribution in [3.63, 3.8) is 0 Å². The highest BCUT2D eigenvalue weighted by atomic mass is 35.5. The number of nitrogens with one attached hydrogen (secondary N) is 1. The van der Waals surface area contributed by atoms with Crippen LogP contribution in [-0.4, -0.2) is 11.8 Å². The lowest BCUT2D eigenvalue weighted by Crippen LogP contribution is -2.20. The summed E-state index contributed by atoms with van der Waals surface area (Å²) in [6.07, 6.45) is 0. The molecular weight excluding hydrogens is 313 g/mol. The SMILES string of the molecule is Nc1cccc(N)c1.O=C1NC(=O)c2c1ccc(Cl)c2Cl. The maximum Gasteiger partial charge on any atom is 0.260 e. The van der Waals surface area contributed by atoms with E-state index in [9.17, 15) is 9.59 Å². The van der Waals surface area contributed by atoms with Gasteiger partial charge < -0.3 is 11.5 Å². The maximum atomic E-state index is 11.2. The number of fused-ring (bicyclic) bond motifs is 1. The molecule has 0 radical (unpaired) electrons. The highest BCUT2D eigenvalue weighted by molar-refractivity contribution is 6.45. The summed E-state index contributed by atoms with van der Waals surface area (Å²) >= 11 is 11.4. The van der Waals surface area contributed by atoms with E-state index in [-0.39, 0.29) is 21.2 Å². The van der Waals surface area contributed by atoms with Crippen molar-refractivity contribution >= 4 is 46.4 Å². The molecule has 3 rings (SSSR count). The van der Waals surface area contributed by atoms with Crippen molar-refractivity contribution in [1.29, 1.82) is 0 Å². The minimum Gasteiger partial charge on any atom is -0.399 e. The number of benzene rings is 2. The normalized spacial score (nSPS) is 12.3. The Balaban J connectivity index is 0.000000173. The van der Waals surface area contributed by atoms with Gasteiger partial charge in [0.2, 0.25) is 0 Å². The largest absolute Gasteiger partial charge is 0.399 e. The van der Waals surface area contributed by atoms with E-state index in [1.54, 1.807) is 18.2 Å². The van der Waals surface area contributed by atoms with Crippen LogP contribution in [0.5, 0.6) is 0 Å². The van der Waals surface area contributed by atoms with Crippen LogP contribution in [0, 0.1) is 0 Å². The van der Waals surface area contributed by atoms with Gasteiger partial charge in [0.25, 0.3) is 11.8 Å². The predicted octanol–water partition coefficient (Wildman–Crippen LogP) is 2.73. The van der Waals surface area contributed by atoms with Crippen LogP contribution in [-0.2, 0) is 0 Å². The van der Waals surface area contributed by atoms with E-state index in [2.05, 4.69) is 5.32 Å². The van der Waals surface area contributed by atoms with Crippen molar-refractivity contribution in [2.75, 3.05) is 11.5 Å². The maximum absolute atomic E-state index is 11.2. The molecule has 0 spiro atoms. The molecule has 2 aromatic rings. The van der Waals surface area contributed by atoms with Crippen LogP contribution >= 0.6 is 23.2 Å². The Morgan fingerprint density at radius 2 is 1.52 bits per heavy atom. The van der Waals surface area contributed by atoms with Gasteiger partial charge in [-0.1, -0.05) is 29.3 Å². The molecule has 0 aromatic heterocycles. The van der Waals surface area contributed by atoms with Crippen molar-refractivity contribution < 1.29 is 9.59 Å². The second-order valence-corrected chi connectivity index (χ2v) is 5.02. The molecule has 0 saturated heterocycles. The minimum atomic E-state index is -0.493. The number of rotatable bonds is 0. The lowest BCUT2D eigenvalue weighted by atomic mass is 10.1. The smallest absolute Gasteiger partial charge is 0.260 e. The summed E-state index contributed by atoms with van der Waals surface area (Å²) in [5.74, 6) is -0.925. The van der Waals surface area contributed by atoms with Crippen LogP contribution in [0.25, 0.3) is 0 Å². The fraction of sp³-hybridized carbons (Fsp3) is 0. The van der Waals surface area contributed by atoms with Gasteiger partial charge in [0, 0.05) is 11.4 Å². The third-order valence-corrected chi connectivity index (χ3v) is 3.51. The Kier molecular flexibility index (Phi) is 4.35. The number of anilines is 2. The van der Waals surface area contributed by atoms with Crippen molar-refractivity contribution in [3.8, 4) is 0 Å². The summed E-state index contributed by atoms with van der Waals surface area (Å²) in [6.45, 7) is 0. The van der Waals surface area contributed by atoms with Gasteiger partial charge in [0.05, 0.1) is 21.2 Å². The monoisotopic (exact) mass is 323 g/mol. The van der Waals surface area contributed by atoms with Gasteiger partial charge in [-0.15, -0.1) is 0 Å². The summed E-state index contributed by atoms with van der Waals surface area (Å²) in [6, 6.07) is 10.1. The molecule has 0 aliphatic carbocycles. The fourth-order valence-electron chi connectivity index (χ4n) is 1.75. The topological polar surface area (TPSA) is 98.2 Å². The number of nitrogen functional groups attached to an aromatic ring is 2. The van der Waals surface area contributed by atoms with Crippen LogP contribution in [0.4, 0.5) is 11.4 Å². The first-order valence-electron chi connectivity index (χ1n) is 5.85. The van der Waals surface area contributed by atoms with Gasteiger partial charge >= 0.3 is 0 Å². The molecule has 0 saturated carbocycles. The zero-order valence-electron chi connectivity index (χ0n) is 10.7. The number of amides is 2. The van der Waals surface area contributed by atoms with Crippen LogP contribution < -0.4 is 16.8 Å². The number of imide groups is 1. The zero-order valence-corrected chi connectivity index (χ0v) is 12.2. The fourth-order valence-corrected chi connectivity index (χ4v) is 2.16. The quantitative estimate of drug-likeness (QED) is 0.512. The summed E-state index contributed by atoms with van der Waals surface area (Å²) in [7, 11) is 0. The number of carbonyl (C=O) groups excluding carboxylic acids is 2. The van der Waals surface area contributed by atoms with E-state index in [1.165, 1.54) is 12.1 Å². The summed E-state index contributed by atoms with van der Waals surface area (Å²) in [5.41, 5.74) is 12.6. The Hall–Kier alpha value is -2.24. The molecule has 5 nitrogen and oxygen atoms in total. The highest BCUT2D eigenvalue weighted by Gasteiger charge is 2.29. The number of hydrogen-bond donors (Lipinski definition) is 3. The standard InChI is InChI=1S/C8H3Cl2NO2.C6H8N2/c9-4-2-1-3-5(6(4)10)8(13)11-7(3)12;7-5-2-1-3-6(8)4-5/h1-2H,(H,11,12,13);1-4H,7-8H2. The molecule has 0 fully saturated rings. The average molecular weight is 324 g/mol. The third kappa shape index (κ3) is 3.26. The van der Waals surface area contributed by atoms with E-state index >= 15 is 0 Å². The van der Waals surface area contributed by atoms with Gasteiger partial charge in [0.1, 0.15) is 0 Å². The molecule has 0 atom stereocenters. The van der Waals surface area contributed by atoms with Crippen LogP contribution in [0.3, 0.4) is 0 Å². The summed E-state index contributed by atoms with van der Waals surface area (Å²) < 4.78 is 0. The van der Waals surface area contributed by atoms with Crippen LogP contribution in [0.1, 0.15) is 20.7 Å². The number of nitrogens with two attached hydrogens (primary N) is 2. The Bertz CT molecular complexity index is 715. The summed E-state index contributed by atoms with van der Waals surface area (Å²) in [4.78, 5) is 22.3. The third-order valence-electron chi connectivity index (χ3n) is 2.70. The van der Waals surface area contributed by atoms with E-state index in [0.717, 1.165) is 0 Å². The molecule has 5 N–H and O–H groups in total. The number of carbonyl (C=O) groups is 2. The molecule has 0 unspecified atom stereocenters. The molecule has 7 heteroatoms. The lowest BCUT2D eigenvalue weighted by molar-refractivity contribution is 0.0879. The molecule has 2 amide bonds. The Labute approximate surface area is 130 Å². The average Bonchev–Trinajstić information content (AvgIpc) is 2.70. The lowest BCUT2D eigenvalue weighted by Gasteiger charge is -1.98. The van der Waals surface area contributed by atoms with Gasteiger partial charge in [-0.3, -0.25) is 14.9 Å². The van der Waals surface area contributed by atoms with E-state index in [4.69, 9.17) is 34.7 Å². The summed E-state index contributed by atoms with van der Waals surface area (Å²) in [5, 5.41) is 2.53. The molecule has 1 aliphatic heterocycles. The molecule has 108 valence electrons. The van der Waals surface area contributed by atoms with Gasteiger partial charge in [-0.05, 0) is 30.3 Å². The molecule has 0 bridgehead atoms. The minimum absolute atomic E-state index is 0.127. The number of hydrogen-bond acceptors (Lipinski definition) is 4. The van der Waals surface area contributed by atoms with Crippen molar-refractivity contribution in [2.24, 2.45) is 0 Å². The first-order valence-corrected chi connectivity index (χ1v) is 6.60. The van der Waals surface area contributed by atoms with Gasteiger partial charge in [-0.25, -0.2) is 0 Å². The van der Waals surface area contributed by atoms with Gasteiger partial charge in [0.15, 0.2) is 0 Å². The van der Waals surface area contributed by atoms with E-state index < -0.39 is 11.8 Å². The zero-order chi connectivity index (χ0) is 15.6. The molecule has 1 heterocycles. The van der Waals surface area contributed by atoms with E-state index in [0.29, 0.717) is 11.4 Å². The molecular formula is C14H11Cl2N3O2. The molecule has 1 aliphatic rings. The van der Waals surface area contributed by atoms with Crippen LogP contribution in [0.2, 0.25) is 10.0 Å². The second kappa shape index (κ2) is 6.03. The highest BCUT2D eigenvalue weighted by Crippen LogP contribution is 2.30. The molecule has 21 heavy (non-hydrogen) atoms. The Morgan fingerprint density at radius 3 is 2.05 bits per heavy atom. The predicted molar refractivity (Wildman–Crippen MR) is 83.5 cm³/mol. The Morgan fingerprint density at radius 1 is 0.905 bits per heavy atom. The first-order chi connectivity index (χ1) is 9.90. The second-order valence-electron chi connectivity index (χ2n) is 4.24. The van der Waals surface area contributed by atoms with Crippen molar-refractivity contribution in [3.05, 3.63) is 57.6 Å².